The molecule has 204 valence electrons. The maximum absolute atomic E-state index is 15.2. The van der Waals surface area contributed by atoms with Crippen LogP contribution in [-0.2, 0) is 38.2 Å². The first kappa shape index (κ1) is 32.4. The number of hydrogen-bond donors (Lipinski definition) is 0. The highest BCUT2D eigenvalue weighted by Crippen LogP contribution is 2.33. The summed E-state index contributed by atoms with van der Waals surface area (Å²) in [6.45, 7) is 8.37. The number of carbonyl (C=O) groups is 2. The second-order valence-corrected chi connectivity index (χ2v) is 12.4. The maximum Gasteiger partial charge on any atom is 0.311 e. The smallest absolute Gasteiger partial charge is 0.311 e. The van der Waals surface area contributed by atoms with Crippen LogP contribution in [-0.4, -0.2) is 58.7 Å². The third-order valence-corrected chi connectivity index (χ3v) is 6.85. The summed E-state index contributed by atoms with van der Waals surface area (Å²) in [5.74, 6) is -1.63. The Balaban J connectivity index is 3.55. The molecular formula is C22H29Cl3FNO8S. The molecule has 3 unspecified atom stereocenters. The van der Waals surface area contributed by atoms with Crippen LogP contribution >= 0.6 is 34.8 Å². The van der Waals surface area contributed by atoms with Gasteiger partial charge in [0.25, 0.3) is 10.1 Å². The van der Waals surface area contributed by atoms with Gasteiger partial charge < -0.3 is 14.3 Å². The largest absolute Gasteiger partial charge is 0.462 e. The Kier molecular flexibility index (Phi) is 11.4. The fourth-order valence-corrected chi connectivity index (χ4v) is 4.36. The van der Waals surface area contributed by atoms with E-state index < -0.39 is 62.8 Å². The van der Waals surface area contributed by atoms with Crippen LogP contribution in [0.4, 0.5) is 4.39 Å². The van der Waals surface area contributed by atoms with E-state index in [0.29, 0.717) is 6.21 Å². The van der Waals surface area contributed by atoms with E-state index in [1.165, 1.54) is 20.8 Å². The summed E-state index contributed by atoms with van der Waals surface area (Å²) in [6.07, 6.45) is -5.38. The third kappa shape index (κ3) is 9.33. The van der Waals surface area contributed by atoms with E-state index in [1.54, 1.807) is 20.8 Å². The van der Waals surface area contributed by atoms with Crippen molar-refractivity contribution in [3.8, 4) is 0 Å². The average molecular weight is 593 g/mol. The van der Waals surface area contributed by atoms with E-state index in [0.717, 1.165) is 19.2 Å². The van der Waals surface area contributed by atoms with E-state index in [1.807, 2.05) is 0 Å². The maximum atomic E-state index is 15.2. The SMILES string of the molecule is CON=CC(F)C(OC(=O)C(C)(C)C)C(COC(=O)C(C)(C)C)OS(=O)(=O)c1cc(Cl)c(Cl)cc1Cl. The van der Waals surface area contributed by atoms with Gasteiger partial charge in [0, 0.05) is 0 Å². The molecule has 0 spiro atoms. The number of nitrogens with zero attached hydrogens (tertiary/aromatic N) is 1. The number of hydrogen-bond acceptors (Lipinski definition) is 9. The van der Waals surface area contributed by atoms with Crippen molar-refractivity contribution in [3.63, 3.8) is 0 Å². The lowest BCUT2D eigenvalue weighted by Crippen LogP contribution is -2.47. The fourth-order valence-electron chi connectivity index (χ4n) is 2.31. The molecule has 9 nitrogen and oxygen atoms in total. The number of ether oxygens (including phenoxy) is 2. The van der Waals surface area contributed by atoms with Crippen molar-refractivity contribution in [1.82, 2.24) is 0 Å². The molecule has 0 saturated heterocycles. The van der Waals surface area contributed by atoms with Gasteiger partial charge in [-0.3, -0.25) is 13.8 Å². The van der Waals surface area contributed by atoms with Crippen LogP contribution in [0.5, 0.6) is 0 Å². The quantitative estimate of drug-likeness (QED) is 0.119. The molecule has 0 aliphatic heterocycles. The van der Waals surface area contributed by atoms with Crippen molar-refractivity contribution in [2.24, 2.45) is 16.0 Å². The number of alkyl halides is 1. The van der Waals surface area contributed by atoms with E-state index in [9.17, 15) is 18.0 Å². The summed E-state index contributed by atoms with van der Waals surface area (Å²) in [7, 11) is -3.64. The van der Waals surface area contributed by atoms with E-state index in [-0.39, 0.29) is 15.1 Å². The highest BCUT2D eigenvalue weighted by atomic mass is 35.5. The van der Waals surface area contributed by atoms with Crippen molar-refractivity contribution >= 4 is 63.1 Å². The van der Waals surface area contributed by atoms with Gasteiger partial charge in [0.05, 0.1) is 32.1 Å². The molecule has 0 saturated carbocycles. The highest BCUT2D eigenvalue weighted by molar-refractivity contribution is 7.87. The number of benzene rings is 1. The summed E-state index contributed by atoms with van der Waals surface area (Å²) in [5, 5.41) is 2.81. The van der Waals surface area contributed by atoms with Gasteiger partial charge in [-0.2, -0.15) is 8.42 Å². The first-order valence-corrected chi connectivity index (χ1v) is 13.0. The van der Waals surface area contributed by atoms with Gasteiger partial charge in [0.15, 0.2) is 18.4 Å². The normalized spacial score (nSPS) is 15.3. The van der Waals surface area contributed by atoms with Crippen molar-refractivity contribution in [3.05, 3.63) is 27.2 Å². The van der Waals surface area contributed by atoms with Gasteiger partial charge in [-0.05, 0) is 53.7 Å². The lowest BCUT2D eigenvalue weighted by Gasteiger charge is -2.30. The van der Waals surface area contributed by atoms with Gasteiger partial charge in [-0.25, -0.2) is 4.39 Å². The second kappa shape index (κ2) is 12.7. The summed E-state index contributed by atoms with van der Waals surface area (Å²) in [4.78, 5) is 28.8. The molecule has 0 aromatic heterocycles. The molecule has 0 bridgehead atoms. The molecule has 1 rings (SSSR count). The predicted molar refractivity (Wildman–Crippen MR) is 134 cm³/mol. The molecule has 3 atom stereocenters. The molecule has 1 aromatic carbocycles. The minimum atomic E-state index is -4.78. The molecule has 36 heavy (non-hydrogen) atoms. The molecule has 0 amide bonds. The number of carbonyl (C=O) groups excluding carboxylic acids is 2. The van der Waals surface area contributed by atoms with E-state index in [2.05, 4.69) is 9.99 Å². The molecule has 1 aromatic rings. The Bertz CT molecular complexity index is 1080. The lowest BCUT2D eigenvalue weighted by molar-refractivity contribution is -0.171. The van der Waals surface area contributed by atoms with Crippen molar-refractivity contribution in [2.75, 3.05) is 13.7 Å². The van der Waals surface area contributed by atoms with Crippen molar-refractivity contribution in [2.45, 2.75) is 64.8 Å². The van der Waals surface area contributed by atoms with Gasteiger partial charge in [-0.1, -0.05) is 40.0 Å². The Morgan fingerprint density at radius 3 is 2.03 bits per heavy atom. The van der Waals surface area contributed by atoms with Crippen LogP contribution < -0.4 is 0 Å². The van der Waals surface area contributed by atoms with Gasteiger partial charge in [0.1, 0.15) is 18.6 Å². The summed E-state index contributed by atoms with van der Waals surface area (Å²) in [6, 6.07) is 2.02. The summed E-state index contributed by atoms with van der Waals surface area (Å²) < 4.78 is 57.1. The molecule has 0 radical (unpaired) electrons. The Labute approximate surface area is 225 Å². The second-order valence-electron chi connectivity index (χ2n) is 9.64. The summed E-state index contributed by atoms with van der Waals surface area (Å²) in [5.41, 5.74) is -2.09. The van der Waals surface area contributed by atoms with Gasteiger partial charge in [-0.15, -0.1) is 0 Å². The van der Waals surface area contributed by atoms with E-state index >= 15 is 4.39 Å². The Morgan fingerprint density at radius 1 is 1.00 bits per heavy atom. The Morgan fingerprint density at radius 2 is 1.53 bits per heavy atom. The molecule has 0 aliphatic carbocycles. The number of halogens is 4. The topological polar surface area (TPSA) is 118 Å². The molecular weight excluding hydrogens is 564 g/mol. The predicted octanol–water partition coefficient (Wildman–Crippen LogP) is 5.24. The zero-order valence-corrected chi connectivity index (χ0v) is 23.9. The van der Waals surface area contributed by atoms with Crippen LogP contribution in [0, 0.1) is 10.8 Å². The van der Waals surface area contributed by atoms with Crippen molar-refractivity contribution < 1.29 is 40.9 Å². The average Bonchev–Trinajstić information content (AvgIpc) is 2.73. The lowest BCUT2D eigenvalue weighted by atomic mass is 9.97. The molecule has 0 fully saturated rings. The van der Waals surface area contributed by atoms with Crippen LogP contribution in [0.2, 0.25) is 15.1 Å². The first-order valence-electron chi connectivity index (χ1n) is 10.5. The number of esters is 2. The van der Waals surface area contributed by atoms with Crippen LogP contribution in [0.15, 0.2) is 22.2 Å². The zero-order valence-electron chi connectivity index (χ0n) is 20.8. The minimum absolute atomic E-state index is 0.0205. The van der Waals surface area contributed by atoms with Crippen molar-refractivity contribution in [1.29, 1.82) is 0 Å². The third-order valence-electron chi connectivity index (χ3n) is 4.33. The van der Waals surface area contributed by atoms with Crippen LogP contribution in [0.3, 0.4) is 0 Å². The van der Waals surface area contributed by atoms with Crippen LogP contribution in [0.25, 0.3) is 0 Å². The first-order chi connectivity index (χ1) is 16.3. The molecule has 14 heteroatoms. The van der Waals surface area contributed by atoms with E-state index in [4.69, 9.17) is 48.5 Å². The fraction of sp³-hybridized carbons (Fsp3) is 0.591. The van der Waals surface area contributed by atoms with Gasteiger partial charge in [0.2, 0.25) is 0 Å². The number of oxime groups is 1. The molecule has 0 N–H and O–H groups in total. The molecule has 0 aliphatic rings. The van der Waals surface area contributed by atoms with Crippen LogP contribution in [0.1, 0.15) is 41.5 Å². The van der Waals surface area contributed by atoms with Gasteiger partial charge >= 0.3 is 11.9 Å². The highest BCUT2D eigenvalue weighted by Gasteiger charge is 2.41. The number of rotatable bonds is 10. The Hall–Kier alpha value is -1.66. The summed E-state index contributed by atoms with van der Waals surface area (Å²) >= 11 is 17.8. The minimum Gasteiger partial charge on any atom is -0.462 e. The molecule has 0 heterocycles. The monoisotopic (exact) mass is 591 g/mol. The standard InChI is InChI=1S/C22H29Cl3FNO8S/c1-21(2,3)19(28)33-11-16(18(15(26)10-27-32-7)34-20(29)22(4,5)6)35-36(30,31)17-9-13(24)12(23)8-14(17)25/h8-10,15-16,18H,11H2,1-7H3. The zero-order chi connectivity index (χ0) is 28.1.